The van der Waals surface area contributed by atoms with Crippen molar-refractivity contribution < 1.29 is 0 Å². The maximum Gasteiger partial charge on any atom is 0.0434 e. The lowest BCUT2D eigenvalue weighted by molar-refractivity contribution is 0.383. The van der Waals surface area contributed by atoms with Gasteiger partial charge in [0.05, 0.1) is 0 Å². The Morgan fingerprint density at radius 1 is 1.69 bits per heavy atom. The van der Waals surface area contributed by atoms with Crippen LogP contribution in [0.5, 0.6) is 0 Å². The zero-order valence-electron chi connectivity index (χ0n) is 8.27. The Morgan fingerprint density at radius 3 is 2.77 bits per heavy atom. The van der Waals surface area contributed by atoms with Crippen molar-refractivity contribution >= 4 is 0 Å². The molecule has 0 aromatic rings. The highest BCUT2D eigenvalue weighted by Gasteiger charge is 2.01. The Bertz CT molecular complexity index is 226. The highest BCUT2D eigenvalue weighted by molar-refractivity contribution is 5.13. The summed E-state index contributed by atoms with van der Waals surface area (Å²) in [4.78, 5) is 4.82. The minimum atomic E-state index is 0.496. The van der Waals surface area contributed by atoms with Crippen molar-refractivity contribution in [2.24, 2.45) is 5.11 Å². The average Bonchev–Trinajstić information content (AvgIpc) is 2.17. The molecule has 0 aliphatic heterocycles. The van der Waals surface area contributed by atoms with E-state index >= 15 is 0 Å². The van der Waals surface area contributed by atoms with E-state index in [1.54, 1.807) is 6.08 Å². The number of nitrogens with zero attached hydrogens (tertiary/aromatic N) is 4. The average molecular weight is 180 g/mol. The normalized spacial score (nSPS) is 10.5. The fourth-order valence-electron chi connectivity index (χ4n) is 1.11. The van der Waals surface area contributed by atoms with Crippen LogP contribution in [-0.4, -0.2) is 24.5 Å². The Hall–Kier alpha value is -1.41. The first-order valence-electron chi connectivity index (χ1n) is 4.34. The van der Waals surface area contributed by atoms with Crippen LogP contribution < -0.4 is 0 Å². The molecule has 13 heavy (non-hydrogen) atoms. The summed E-state index contributed by atoms with van der Waals surface area (Å²) in [5, 5.41) is 3.49. The zero-order chi connectivity index (χ0) is 10.1. The molecule has 0 atom stereocenters. The maximum absolute atomic E-state index is 8.11. The minimum Gasteiger partial charge on any atom is -0.372 e. The minimum absolute atomic E-state index is 0.496. The van der Waals surface area contributed by atoms with E-state index in [4.69, 9.17) is 5.53 Å². The fourth-order valence-corrected chi connectivity index (χ4v) is 1.11. The van der Waals surface area contributed by atoms with Crippen LogP contribution in [0.2, 0.25) is 0 Å². The largest absolute Gasteiger partial charge is 0.372 e. The number of allylic oxidation sites excluding steroid dienone is 2. The molecule has 0 saturated carbocycles. The van der Waals surface area contributed by atoms with Gasteiger partial charge in [-0.25, -0.2) is 0 Å². The van der Waals surface area contributed by atoms with Gasteiger partial charge in [-0.3, -0.25) is 0 Å². The summed E-state index contributed by atoms with van der Waals surface area (Å²) in [6, 6.07) is 0. The van der Waals surface area contributed by atoms with Crippen LogP contribution >= 0.6 is 0 Å². The summed E-state index contributed by atoms with van der Waals surface area (Å²) in [6.45, 7) is 9.87. The van der Waals surface area contributed by atoms with Gasteiger partial charge in [-0.15, -0.1) is 0 Å². The van der Waals surface area contributed by atoms with Gasteiger partial charge in [0.25, 0.3) is 0 Å². The third kappa shape index (κ3) is 4.23. The summed E-state index contributed by atoms with van der Waals surface area (Å²) in [5.41, 5.74) is 9.19. The Labute approximate surface area is 79.2 Å². The van der Waals surface area contributed by atoms with Gasteiger partial charge in [-0.2, -0.15) is 0 Å². The number of hydrogen-bond donors (Lipinski definition) is 0. The Morgan fingerprint density at radius 2 is 2.38 bits per heavy atom. The van der Waals surface area contributed by atoms with Crippen molar-refractivity contribution in [3.63, 3.8) is 0 Å². The van der Waals surface area contributed by atoms with Gasteiger partial charge in [-0.05, 0) is 25.5 Å². The predicted octanol–water partition coefficient (Wildman–Crippen LogP) is 2.71. The highest BCUT2D eigenvalue weighted by Crippen LogP contribution is 2.04. The van der Waals surface area contributed by atoms with Gasteiger partial charge in [-0.1, -0.05) is 17.8 Å². The molecule has 0 saturated heterocycles. The molecule has 0 heterocycles. The van der Waals surface area contributed by atoms with Gasteiger partial charge >= 0.3 is 0 Å². The lowest BCUT2D eigenvalue weighted by Gasteiger charge is -2.22. The Kier molecular flexibility index (Phi) is 6.46. The van der Waals surface area contributed by atoms with Gasteiger partial charge < -0.3 is 4.90 Å². The molecule has 4 heteroatoms. The Balaban J connectivity index is 4.15. The SMILES string of the molecule is C=C/C(=C\C)N(CC)CCN=[N+]=[N-]. The van der Waals surface area contributed by atoms with Gasteiger partial charge in [0.1, 0.15) is 0 Å². The molecule has 0 amide bonds. The molecule has 0 N–H and O–H groups in total. The van der Waals surface area contributed by atoms with E-state index in [1.807, 2.05) is 13.0 Å². The van der Waals surface area contributed by atoms with Crippen molar-refractivity contribution in [1.29, 1.82) is 0 Å². The second kappa shape index (κ2) is 7.25. The summed E-state index contributed by atoms with van der Waals surface area (Å²) in [6.07, 6.45) is 3.80. The van der Waals surface area contributed by atoms with Crippen molar-refractivity contribution in [3.05, 3.63) is 34.9 Å². The smallest absolute Gasteiger partial charge is 0.0434 e. The van der Waals surface area contributed by atoms with Crippen LogP contribution in [0, 0.1) is 0 Å². The van der Waals surface area contributed by atoms with Crippen LogP contribution in [0.1, 0.15) is 13.8 Å². The monoisotopic (exact) mass is 180 g/mol. The van der Waals surface area contributed by atoms with Gasteiger partial charge in [0, 0.05) is 30.2 Å². The van der Waals surface area contributed by atoms with Gasteiger partial charge in [0.2, 0.25) is 0 Å². The van der Waals surface area contributed by atoms with E-state index in [9.17, 15) is 0 Å². The summed E-state index contributed by atoms with van der Waals surface area (Å²) < 4.78 is 0. The van der Waals surface area contributed by atoms with Crippen molar-refractivity contribution in [3.8, 4) is 0 Å². The molecule has 0 aromatic heterocycles. The van der Waals surface area contributed by atoms with E-state index in [0.29, 0.717) is 6.54 Å². The fraction of sp³-hybridized carbons (Fsp3) is 0.556. The van der Waals surface area contributed by atoms with Crippen LogP contribution in [0.3, 0.4) is 0 Å². The second-order valence-electron chi connectivity index (χ2n) is 2.45. The molecule has 0 aromatic carbocycles. The predicted molar refractivity (Wildman–Crippen MR) is 55.2 cm³/mol. The van der Waals surface area contributed by atoms with E-state index in [0.717, 1.165) is 18.8 Å². The van der Waals surface area contributed by atoms with Crippen LogP contribution in [0.15, 0.2) is 29.5 Å². The van der Waals surface area contributed by atoms with E-state index in [-0.39, 0.29) is 0 Å². The molecule has 0 bridgehead atoms. The third-order valence-corrected chi connectivity index (χ3v) is 1.78. The molecular weight excluding hydrogens is 164 g/mol. The van der Waals surface area contributed by atoms with E-state index in [1.165, 1.54) is 0 Å². The summed E-state index contributed by atoms with van der Waals surface area (Å²) >= 11 is 0. The first-order valence-corrected chi connectivity index (χ1v) is 4.34. The molecule has 72 valence electrons. The lowest BCUT2D eigenvalue weighted by Crippen LogP contribution is -2.24. The molecule has 0 aliphatic carbocycles. The molecule has 0 rings (SSSR count). The second-order valence-corrected chi connectivity index (χ2v) is 2.45. The molecule has 0 unspecified atom stereocenters. The van der Waals surface area contributed by atoms with Gasteiger partial charge in [0.15, 0.2) is 0 Å². The quantitative estimate of drug-likeness (QED) is 0.268. The van der Waals surface area contributed by atoms with Crippen LogP contribution in [0.25, 0.3) is 10.4 Å². The number of rotatable bonds is 6. The summed E-state index contributed by atoms with van der Waals surface area (Å²) in [5.74, 6) is 0. The maximum atomic E-state index is 8.11. The third-order valence-electron chi connectivity index (χ3n) is 1.78. The first-order chi connectivity index (χ1) is 6.29. The van der Waals surface area contributed by atoms with Crippen molar-refractivity contribution in [2.45, 2.75) is 13.8 Å². The number of likely N-dealkylation sites (N-methyl/N-ethyl adjacent to an activating group) is 1. The van der Waals surface area contributed by atoms with Crippen molar-refractivity contribution in [1.82, 2.24) is 4.90 Å². The molecule has 0 fully saturated rings. The standard InChI is InChI=1S/C9H16N4/c1-4-9(5-2)13(6-3)8-7-11-12-10/h4-5H,1,6-8H2,2-3H3/b9-5+. The highest BCUT2D eigenvalue weighted by atomic mass is 15.2. The number of azide groups is 1. The number of hydrogen-bond acceptors (Lipinski definition) is 2. The zero-order valence-corrected chi connectivity index (χ0v) is 8.27. The molecule has 4 nitrogen and oxygen atoms in total. The molecule has 0 aliphatic rings. The van der Waals surface area contributed by atoms with Crippen LogP contribution in [0.4, 0.5) is 0 Å². The summed E-state index contributed by atoms with van der Waals surface area (Å²) in [7, 11) is 0. The van der Waals surface area contributed by atoms with Crippen molar-refractivity contribution in [2.75, 3.05) is 19.6 Å². The van der Waals surface area contributed by atoms with E-state index in [2.05, 4.69) is 28.4 Å². The first kappa shape index (κ1) is 11.6. The lowest BCUT2D eigenvalue weighted by atomic mass is 10.3. The molecule has 0 radical (unpaired) electrons. The molecule has 0 spiro atoms. The topological polar surface area (TPSA) is 52.0 Å². The molecular formula is C9H16N4. The van der Waals surface area contributed by atoms with Crippen LogP contribution in [-0.2, 0) is 0 Å². The van der Waals surface area contributed by atoms with E-state index < -0.39 is 0 Å².